The molecule has 0 heterocycles. The zero-order valence-corrected chi connectivity index (χ0v) is 9.43. The molecule has 0 N–H and O–H groups in total. The number of hydrogen-bond acceptors (Lipinski definition) is 5. The standard InChI is InChI=1S/C11H11NO5/c1-7-3-9(6-13)8(5-11(14)17-2)4-10(7)12(15)16/h3-4,6H,5H2,1-2H3. The second-order valence-corrected chi connectivity index (χ2v) is 3.47. The molecule has 0 spiro atoms. The van der Waals surface area contributed by atoms with Crippen LogP contribution in [0, 0.1) is 17.0 Å². The molecule has 1 aromatic rings. The number of hydrogen-bond donors (Lipinski definition) is 0. The molecule has 1 rings (SSSR count). The highest BCUT2D eigenvalue weighted by Gasteiger charge is 2.17. The largest absolute Gasteiger partial charge is 0.469 e. The molecule has 0 amide bonds. The fourth-order valence-corrected chi connectivity index (χ4v) is 1.45. The lowest BCUT2D eigenvalue weighted by molar-refractivity contribution is -0.385. The van der Waals surface area contributed by atoms with Crippen LogP contribution >= 0.6 is 0 Å². The number of esters is 1. The van der Waals surface area contributed by atoms with E-state index in [4.69, 9.17) is 0 Å². The van der Waals surface area contributed by atoms with Crippen molar-refractivity contribution in [2.24, 2.45) is 0 Å². The molecule has 90 valence electrons. The number of carbonyl (C=O) groups is 2. The third-order valence-corrected chi connectivity index (χ3v) is 2.34. The second-order valence-electron chi connectivity index (χ2n) is 3.47. The van der Waals surface area contributed by atoms with Crippen LogP contribution in [0.1, 0.15) is 21.5 Å². The number of aldehydes is 1. The molecule has 0 saturated heterocycles. The molecule has 0 fully saturated rings. The molecule has 0 atom stereocenters. The van der Waals surface area contributed by atoms with Crippen LogP contribution in [-0.2, 0) is 16.0 Å². The molecule has 6 nitrogen and oxygen atoms in total. The number of rotatable bonds is 4. The van der Waals surface area contributed by atoms with Gasteiger partial charge in [-0.2, -0.15) is 0 Å². The van der Waals surface area contributed by atoms with Gasteiger partial charge in [0, 0.05) is 17.2 Å². The van der Waals surface area contributed by atoms with E-state index < -0.39 is 10.9 Å². The van der Waals surface area contributed by atoms with Crippen molar-refractivity contribution in [1.29, 1.82) is 0 Å². The summed E-state index contributed by atoms with van der Waals surface area (Å²) < 4.78 is 4.46. The summed E-state index contributed by atoms with van der Waals surface area (Å²) in [7, 11) is 1.21. The molecule has 1 aromatic carbocycles. The van der Waals surface area contributed by atoms with E-state index in [2.05, 4.69) is 4.74 Å². The molecule has 0 aliphatic rings. The monoisotopic (exact) mass is 237 g/mol. The molecule has 0 unspecified atom stereocenters. The number of methoxy groups -OCH3 is 1. The highest BCUT2D eigenvalue weighted by atomic mass is 16.6. The normalized spacial score (nSPS) is 9.76. The molecule has 0 bridgehead atoms. The van der Waals surface area contributed by atoms with Gasteiger partial charge in [0.2, 0.25) is 0 Å². The van der Waals surface area contributed by atoms with E-state index in [0.29, 0.717) is 17.4 Å². The number of carbonyl (C=O) groups excluding carboxylic acids is 2. The fraction of sp³-hybridized carbons (Fsp3) is 0.273. The average Bonchev–Trinajstić information content (AvgIpc) is 2.30. The Bertz CT molecular complexity index is 481. The van der Waals surface area contributed by atoms with Crippen molar-refractivity contribution in [2.75, 3.05) is 7.11 Å². The summed E-state index contributed by atoms with van der Waals surface area (Å²) in [5.74, 6) is -0.550. The van der Waals surface area contributed by atoms with Gasteiger partial charge in [-0.15, -0.1) is 0 Å². The lowest BCUT2D eigenvalue weighted by Gasteiger charge is -2.05. The lowest BCUT2D eigenvalue weighted by Crippen LogP contribution is -2.08. The summed E-state index contributed by atoms with van der Waals surface area (Å²) >= 11 is 0. The van der Waals surface area contributed by atoms with Crippen LogP contribution in [0.25, 0.3) is 0 Å². The maximum atomic E-state index is 11.1. The van der Waals surface area contributed by atoms with Crippen LogP contribution in [0.15, 0.2) is 12.1 Å². The third-order valence-electron chi connectivity index (χ3n) is 2.34. The molecular weight excluding hydrogens is 226 g/mol. The molecule has 0 aromatic heterocycles. The molecule has 17 heavy (non-hydrogen) atoms. The lowest BCUT2D eigenvalue weighted by atomic mass is 10.0. The van der Waals surface area contributed by atoms with Gasteiger partial charge >= 0.3 is 5.97 Å². The summed E-state index contributed by atoms with van der Waals surface area (Å²) in [6.07, 6.45) is 0.403. The van der Waals surface area contributed by atoms with Gasteiger partial charge < -0.3 is 4.74 Å². The molecule has 0 radical (unpaired) electrons. The minimum Gasteiger partial charge on any atom is -0.469 e. The Kier molecular flexibility index (Phi) is 3.92. The van der Waals surface area contributed by atoms with E-state index >= 15 is 0 Å². The summed E-state index contributed by atoms with van der Waals surface area (Å²) in [5.41, 5.74) is 0.822. The van der Waals surface area contributed by atoms with Gasteiger partial charge in [0.1, 0.15) is 6.29 Å². The number of nitrogens with zero attached hydrogens (tertiary/aromatic N) is 1. The number of benzene rings is 1. The van der Waals surface area contributed by atoms with E-state index in [1.165, 1.54) is 26.2 Å². The average molecular weight is 237 g/mol. The predicted octanol–water partition coefficient (Wildman–Crippen LogP) is 1.43. The van der Waals surface area contributed by atoms with E-state index in [9.17, 15) is 19.7 Å². The van der Waals surface area contributed by atoms with Crippen LogP contribution in [0.3, 0.4) is 0 Å². The number of nitro benzene ring substituents is 1. The molecule has 0 aliphatic heterocycles. The summed E-state index contributed by atoms with van der Waals surface area (Å²) in [4.78, 5) is 32.1. The highest BCUT2D eigenvalue weighted by molar-refractivity contribution is 5.83. The summed E-state index contributed by atoms with van der Waals surface area (Å²) in [6, 6.07) is 2.62. The Morgan fingerprint density at radius 1 is 1.53 bits per heavy atom. The summed E-state index contributed by atoms with van der Waals surface area (Å²) in [6.45, 7) is 1.53. The van der Waals surface area contributed by atoms with Gasteiger partial charge in [-0.3, -0.25) is 19.7 Å². The van der Waals surface area contributed by atoms with Gasteiger partial charge in [0.25, 0.3) is 5.69 Å². The number of aryl methyl sites for hydroxylation is 1. The Balaban J connectivity index is 3.26. The van der Waals surface area contributed by atoms with Gasteiger partial charge in [-0.25, -0.2) is 0 Å². The maximum absolute atomic E-state index is 11.1. The molecule has 0 aliphatic carbocycles. The fourth-order valence-electron chi connectivity index (χ4n) is 1.45. The van der Waals surface area contributed by atoms with Crippen LogP contribution in [0.2, 0.25) is 0 Å². The topological polar surface area (TPSA) is 86.5 Å². The summed E-state index contributed by atoms with van der Waals surface area (Å²) in [5, 5.41) is 10.7. The Hall–Kier alpha value is -2.24. The maximum Gasteiger partial charge on any atom is 0.310 e. The first-order chi connectivity index (χ1) is 7.99. The quantitative estimate of drug-likeness (QED) is 0.342. The zero-order chi connectivity index (χ0) is 13.0. The van der Waals surface area contributed by atoms with Crippen LogP contribution in [0.5, 0.6) is 0 Å². The van der Waals surface area contributed by atoms with Crippen molar-refractivity contribution in [1.82, 2.24) is 0 Å². The van der Waals surface area contributed by atoms with Crippen molar-refractivity contribution < 1.29 is 19.2 Å². The van der Waals surface area contributed by atoms with Gasteiger partial charge in [0.05, 0.1) is 18.5 Å². The van der Waals surface area contributed by atoms with E-state index in [1.807, 2.05) is 0 Å². The predicted molar refractivity (Wildman–Crippen MR) is 58.9 cm³/mol. The van der Waals surface area contributed by atoms with Gasteiger partial charge in [0.15, 0.2) is 0 Å². The van der Waals surface area contributed by atoms with Crippen LogP contribution in [-0.4, -0.2) is 24.3 Å². The first-order valence-electron chi connectivity index (χ1n) is 4.79. The Labute approximate surface area is 97.3 Å². The minimum atomic E-state index is -0.551. The van der Waals surface area contributed by atoms with E-state index in [0.717, 1.165) is 0 Å². The number of nitro groups is 1. The zero-order valence-electron chi connectivity index (χ0n) is 9.43. The van der Waals surface area contributed by atoms with Crippen molar-refractivity contribution in [3.8, 4) is 0 Å². The SMILES string of the molecule is COC(=O)Cc1cc([N+](=O)[O-])c(C)cc1C=O. The van der Waals surface area contributed by atoms with Crippen molar-refractivity contribution in [2.45, 2.75) is 13.3 Å². The first-order valence-corrected chi connectivity index (χ1v) is 4.79. The second kappa shape index (κ2) is 5.20. The highest BCUT2D eigenvalue weighted by Crippen LogP contribution is 2.22. The first kappa shape index (κ1) is 12.8. The Morgan fingerprint density at radius 3 is 2.65 bits per heavy atom. The molecular formula is C11H11NO5. The minimum absolute atomic E-state index is 0.116. The van der Waals surface area contributed by atoms with Gasteiger partial charge in [-0.05, 0) is 18.6 Å². The smallest absolute Gasteiger partial charge is 0.310 e. The van der Waals surface area contributed by atoms with E-state index in [-0.39, 0.29) is 17.7 Å². The molecule has 6 heteroatoms. The van der Waals surface area contributed by atoms with Crippen molar-refractivity contribution in [3.63, 3.8) is 0 Å². The van der Waals surface area contributed by atoms with Crippen LogP contribution < -0.4 is 0 Å². The molecule has 0 saturated carbocycles. The van der Waals surface area contributed by atoms with Crippen LogP contribution in [0.4, 0.5) is 5.69 Å². The van der Waals surface area contributed by atoms with Crippen molar-refractivity contribution >= 4 is 17.9 Å². The van der Waals surface area contributed by atoms with Gasteiger partial charge in [-0.1, -0.05) is 0 Å². The van der Waals surface area contributed by atoms with Crippen molar-refractivity contribution in [3.05, 3.63) is 38.9 Å². The third kappa shape index (κ3) is 2.87. The Morgan fingerprint density at radius 2 is 2.18 bits per heavy atom. The van der Waals surface area contributed by atoms with E-state index in [1.54, 1.807) is 0 Å². The number of ether oxygens (including phenoxy) is 1.